The van der Waals surface area contributed by atoms with Crippen molar-refractivity contribution in [1.82, 2.24) is 4.90 Å². The van der Waals surface area contributed by atoms with Gasteiger partial charge in [0.1, 0.15) is 5.75 Å². The van der Waals surface area contributed by atoms with E-state index in [1.165, 1.54) is 12.0 Å². The molecule has 34 heavy (non-hydrogen) atoms. The molecule has 180 valence electrons. The number of rotatable bonds is 11. The summed E-state index contributed by atoms with van der Waals surface area (Å²) < 4.78 is 5.30. The van der Waals surface area contributed by atoms with Crippen LogP contribution >= 0.6 is 0 Å². The van der Waals surface area contributed by atoms with Crippen LogP contribution in [0.2, 0.25) is 0 Å². The minimum atomic E-state index is -1.79. The van der Waals surface area contributed by atoms with Crippen molar-refractivity contribution in [2.75, 3.05) is 31.7 Å². The Morgan fingerprint density at radius 2 is 2.00 bits per heavy atom. The van der Waals surface area contributed by atoms with Crippen LogP contribution in [0.3, 0.4) is 0 Å². The first kappa shape index (κ1) is 25.2. The summed E-state index contributed by atoms with van der Waals surface area (Å²) in [6.07, 6.45) is 5.06. The molecule has 1 aliphatic rings. The SMILES string of the molecule is C=CCN1C(=O)[C@@](O)([C@@H](C)/C=C/CC(=O)N(CCO)Cc2ccccc2)c2cc(OC)ccc21. The minimum Gasteiger partial charge on any atom is -0.497 e. The molecule has 0 aromatic heterocycles. The largest absolute Gasteiger partial charge is 0.497 e. The molecular weight excluding hydrogens is 432 g/mol. The van der Waals surface area contributed by atoms with Crippen molar-refractivity contribution in [3.05, 3.63) is 84.5 Å². The zero-order valence-electron chi connectivity index (χ0n) is 19.7. The predicted molar refractivity (Wildman–Crippen MR) is 131 cm³/mol. The molecule has 7 heteroatoms. The van der Waals surface area contributed by atoms with Crippen LogP contribution in [0.4, 0.5) is 5.69 Å². The van der Waals surface area contributed by atoms with Gasteiger partial charge in [-0.2, -0.15) is 0 Å². The van der Waals surface area contributed by atoms with Gasteiger partial charge in [0.2, 0.25) is 5.91 Å². The smallest absolute Gasteiger partial charge is 0.264 e. The van der Waals surface area contributed by atoms with Gasteiger partial charge in [-0.25, -0.2) is 0 Å². The van der Waals surface area contributed by atoms with E-state index < -0.39 is 17.4 Å². The number of fused-ring (bicyclic) bond motifs is 1. The minimum absolute atomic E-state index is 0.0861. The van der Waals surface area contributed by atoms with Gasteiger partial charge < -0.3 is 24.7 Å². The van der Waals surface area contributed by atoms with Gasteiger partial charge in [-0.1, -0.05) is 55.5 Å². The first-order valence-electron chi connectivity index (χ1n) is 11.3. The number of benzene rings is 2. The lowest BCUT2D eigenvalue weighted by Gasteiger charge is -2.27. The van der Waals surface area contributed by atoms with Crippen molar-refractivity contribution in [2.45, 2.75) is 25.5 Å². The standard InChI is InChI=1S/C27H32N2O5/c1-4-15-29-24-14-13-22(34-3)18-23(24)27(33,26(29)32)20(2)9-8-12-25(31)28(16-17-30)19-21-10-6-5-7-11-21/h4-11,13-14,18,20,30,33H,1,12,15-17,19H2,2-3H3/b9-8+/t20-,27+/m0/s1. The van der Waals surface area contributed by atoms with E-state index in [1.807, 2.05) is 30.3 Å². The van der Waals surface area contributed by atoms with Gasteiger partial charge in [0.25, 0.3) is 5.91 Å². The van der Waals surface area contributed by atoms with Gasteiger partial charge in [-0.05, 0) is 23.8 Å². The molecule has 0 saturated heterocycles. The highest BCUT2D eigenvalue weighted by atomic mass is 16.5. The van der Waals surface area contributed by atoms with E-state index in [-0.39, 0.29) is 32.0 Å². The third kappa shape index (κ3) is 5.05. The van der Waals surface area contributed by atoms with Gasteiger partial charge in [0, 0.05) is 37.5 Å². The number of amides is 2. The summed E-state index contributed by atoms with van der Waals surface area (Å²) >= 11 is 0. The maximum absolute atomic E-state index is 13.3. The number of ether oxygens (including phenoxy) is 1. The predicted octanol–water partition coefficient (Wildman–Crippen LogP) is 3.02. The zero-order chi connectivity index (χ0) is 24.7. The Morgan fingerprint density at radius 3 is 2.65 bits per heavy atom. The molecule has 3 rings (SSSR count). The van der Waals surface area contributed by atoms with Gasteiger partial charge in [0.15, 0.2) is 5.60 Å². The average molecular weight is 465 g/mol. The number of aliphatic hydroxyl groups is 2. The molecule has 0 fully saturated rings. The number of nitrogens with zero attached hydrogens (tertiary/aromatic N) is 2. The van der Waals surface area contributed by atoms with E-state index in [0.717, 1.165) is 5.56 Å². The summed E-state index contributed by atoms with van der Waals surface area (Å²) in [4.78, 5) is 29.2. The average Bonchev–Trinajstić information content (AvgIpc) is 3.06. The highest BCUT2D eigenvalue weighted by Gasteiger charge is 2.52. The lowest BCUT2D eigenvalue weighted by molar-refractivity contribution is -0.139. The molecular formula is C27H32N2O5. The van der Waals surface area contributed by atoms with Gasteiger partial charge >= 0.3 is 0 Å². The summed E-state index contributed by atoms with van der Waals surface area (Å²) in [5.74, 6) is -0.655. The number of hydrogen-bond acceptors (Lipinski definition) is 5. The topological polar surface area (TPSA) is 90.3 Å². The molecule has 2 aromatic rings. The Morgan fingerprint density at radius 1 is 1.26 bits per heavy atom. The first-order chi connectivity index (χ1) is 16.4. The Kier molecular flexibility index (Phi) is 8.26. The number of methoxy groups -OCH3 is 1. The summed E-state index contributed by atoms with van der Waals surface area (Å²) in [5, 5.41) is 21.0. The molecule has 7 nitrogen and oxygen atoms in total. The second kappa shape index (κ2) is 11.1. The van der Waals surface area contributed by atoms with Crippen molar-refractivity contribution in [3.8, 4) is 5.75 Å². The Balaban J connectivity index is 1.77. The van der Waals surface area contributed by atoms with Crippen LogP contribution in [0.15, 0.2) is 73.3 Å². The third-order valence-electron chi connectivity index (χ3n) is 6.10. The molecule has 0 spiro atoms. The molecule has 0 unspecified atom stereocenters. The Labute approximate surface area is 200 Å². The van der Waals surface area contributed by atoms with Gasteiger partial charge in [-0.15, -0.1) is 6.58 Å². The van der Waals surface area contributed by atoms with Crippen LogP contribution in [0.5, 0.6) is 5.75 Å². The molecule has 2 amide bonds. The molecule has 0 radical (unpaired) electrons. The summed E-state index contributed by atoms with van der Waals surface area (Å²) in [6.45, 7) is 6.22. The van der Waals surface area contributed by atoms with Crippen molar-refractivity contribution >= 4 is 17.5 Å². The number of anilines is 1. The molecule has 2 N–H and O–H groups in total. The maximum Gasteiger partial charge on any atom is 0.264 e. The maximum atomic E-state index is 13.3. The van der Waals surface area contributed by atoms with Crippen LogP contribution in [-0.4, -0.2) is 53.7 Å². The van der Waals surface area contributed by atoms with Crippen LogP contribution in [-0.2, 0) is 21.7 Å². The van der Waals surface area contributed by atoms with Crippen molar-refractivity contribution in [3.63, 3.8) is 0 Å². The monoisotopic (exact) mass is 464 g/mol. The molecule has 0 saturated carbocycles. The van der Waals surface area contributed by atoms with Crippen LogP contribution in [0.25, 0.3) is 0 Å². The zero-order valence-corrected chi connectivity index (χ0v) is 19.7. The normalized spacial score (nSPS) is 18.1. The van der Waals surface area contributed by atoms with Gasteiger partial charge in [-0.3, -0.25) is 9.59 Å². The molecule has 2 aromatic carbocycles. The number of carbonyl (C=O) groups excluding carboxylic acids is 2. The molecule has 1 heterocycles. The van der Waals surface area contributed by atoms with Crippen molar-refractivity contribution in [1.29, 1.82) is 0 Å². The van der Waals surface area contributed by atoms with E-state index in [1.54, 1.807) is 48.3 Å². The fourth-order valence-corrected chi connectivity index (χ4v) is 4.22. The molecule has 2 atom stereocenters. The van der Waals surface area contributed by atoms with Crippen LogP contribution in [0, 0.1) is 5.92 Å². The summed E-state index contributed by atoms with van der Waals surface area (Å²) in [7, 11) is 1.53. The summed E-state index contributed by atoms with van der Waals surface area (Å²) in [5.41, 5.74) is 0.261. The highest BCUT2D eigenvalue weighted by Crippen LogP contribution is 2.46. The molecule has 0 aliphatic carbocycles. The highest BCUT2D eigenvalue weighted by molar-refractivity contribution is 6.07. The molecule has 1 aliphatic heterocycles. The van der Waals surface area contributed by atoms with Crippen molar-refractivity contribution in [2.24, 2.45) is 5.92 Å². The van der Waals surface area contributed by atoms with Crippen molar-refractivity contribution < 1.29 is 24.5 Å². The third-order valence-corrected chi connectivity index (χ3v) is 6.10. The molecule has 0 bridgehead atoms. The number of carbonyl (C=O) groups is 2. The van der Waals surface area contributed by atoms with E-state index >= 15 is 0 Å². The fraction of sp³-hybridized carbons (Fsp3) is 0.333. The van der Waals surface area contributed by atoms with E-state index in [4.69, 9.17) is 4.74 Å². The van der Waals surface area contributed by atoms with Crippen LogP contribution in [0.1, 0.15) is 24.5 Å². The lowest BCUT2D eigenvalue weighted by Crippen LogP contribution is -2.44. The fourth-order valence-electron chi connectivity index (χ4n) is 4.22. The number of hydrogen-bond donors (Lipinski definition) is 2. The van der Waals surface area contributed by atoms with E-state index in [2.05, 4.69) is 6.58 Å². The lowest BCUT2D eigenvalue weighted by atomic mass is 9.83. The van der Waals surface area contributed by atoms with E-state index in [9.17, 15) is 19.8 Å². The van der Waals surface area contributed by atoms with E-state index in [0.29, 0.717) is 23.5 Å². The Hall–Kier alpha value is -3.42. The summed E-state index contributed by atoms with van der Waals surface area (Å²) in [6, 6.07) is 14.7. The first-order valence-corrected chi connectivity index (χ1v) is 11.3. The van der Waals surface area contributed by atoms with Gasteiger partial charge in [0.05, 0.1) is 19.4 Å². The number of aliphatic hydroxyl groups excluding tert-OH is 1. The Bertz CT molecular complexity index is 1050. The van der Waals surface area contributed by atoms with Crippen LogP contribution < -0.4 is 9.64 Å². The quantitative estimate of drug-likeness (QED) is 0.499. The second-order valence-electron chi connectivity index (χ2n) is 8.30. The second-order valence-corrected chi connectivity index (χ2v) is 8.30.